The molecule has 190 valence electrons. The third kappa shape index (κ3) is 5.34. The van der Waals surface area contributed by atoms with Gasteiger partial charge in [-0.15, -0.1) is 0 Å². The number of fused-ring (bicyclic) bond motifs is 2. The number of allylic oxidation sites excluding steroid dienone is 2. The molecule has 2 unspecified atom stereocenters. The van der Waals surface area contributed by atoms with Crippen LogP contribution in [0.5, 0.6) is 0 Å². The van der Waals surface area contributed by atoms with E-state index in [4.69, 9.17) is 50.5 Å². The van der Waals surface area contributed by atoms with Crippen molar-refractivity contribution in [2.75, 3.05) is 0 Å². The molecule has 0 radical (unpaired) electrons. The van der Waals surface area contributed by atoms with Crippen LogP contribution < -0.4 is 0 Å². The maximum atomic E-state index is 5.55. The van der Waals surface area contributed by atoms with E-state index in [2.05, 4.69) is 98.8 Å². The van der Waals surface area contributed by atoms with Gasteiger partial charge in [-0.3, -0.25) is 0 Å². The minimum atomic E-state index is 0. The van der Waals surface area contributed by atoms with Crippen molar-refractivity contribution in [3.05, 3.63) is 151 Å². The van der Waals surface area contributed by atoms with Crippen LogP contribution in [0.25, 0.3) is 9.81 Å². The smallest absolute Gasteiger partial charge is 0.00878 e. The molecule has 2 aliphatic carbocycles. The summed E-state index contributed by atoms with van der Waals surface area (Å²) in [4.78, 5) is 3.45. The third-order valence-corrected chi connectivity index (χ3v) is 8.78. The molecule has 37 heavy (non-hydrogen) atoms. The summed E-state index contributed by atoms with van der Waals surface area (Å²) in [6, 6.07) is 33.5. The summed E-state index contributed by atoms with van der Waals surface area (Å²) in [5, 5.41) is 0. The Morgan fingerprint density at radius 2 is 0.838 bits per heavy atom. The number of benzene rings is 4. The van der Waals surface area contributed by atoms with Gasteiger partial charge < -0.3 is 50.5 Å². The largest absolute Gasteiger partial charge is 0.784 e. The predicted molar refractivity (Wildman–Crippen MR) is 162 cm³/mol. The van der Waals surface area contributed by atoms with Gasteiger partial charge in [-0.2, -0.15) is 9.81 Å². The van der Waals surface area contributed by atoms with E-state index in [9.17, 15) is 0 Å². The molecule has 0 bridgehead atoms. The topological polar surface area (TPSA) is 0 Å². The fourth-order valence-corrected chi connectivity index (χ4v) is 6.37. The van der Waals surface area contributed by atoms with Crippen LogP contribution >= 0.6 is 0 Å². The Kier molecular flexibility index (Phi) is 8.73. The molecule has 0 saturated heterocycles. The minimum Gasteiger partial charge on any atom is -0.784 e. The monoisotopic (exact) mass is 594 g/mol. The van der Waals surface area contributed by atoms with Gasteiger partial charge in [0.25, 0.3) is 0 Å². The van der Waals surface area contributed by atoms with Gasteiger partial charge in [0.05, 0.1) is 0 Å². The van der Waals surface area contributed by atoms with Gasteiger partial charge >= 0.3 is 0 Å². The Morgan fingerprint density at radius 3 is 1.19 bits per heavy atom. The second-order valence-electron chi connectivity index (χ2n) is 9.26. The Bertz CT molecular complexity index is 1380. The fourth-order valence-electron chi connectivity index (χ4n) is 5.02. The van der Waals surface area contributed by atoms with Crippen LogP contribution in [0, 0.1) is 13.8 Å². The second-order valence-corrected chi connectivity index (χ2v) is 11.0. The molecular weight excluding hydrogens is 571 g/mol. The van der Waals surface area contributed by atoms with Gasteiger partial charge in [0.2, 0.25) is 0 Å². The first kappa shape index (κ1) is 27.8. The van der Waals surface area contributed by atoms with E-state index in [0.717, 1.165) is 30.7 Å². The summed E-state index contributed by atoms with van der Waals surface area (Å²) in [6.07, 6.45) is 0. The van der Waals surface area contributed by atoms with Gasteiger partial charge in [0.1, 0.15) is 0 Å². The molecule has 0 heterocycles. The molecule has 6 rings (SSSR count). The molecule has 0 fully saturated rings. The van der Waals surface area contributed by atoms with Gasteiger partial charge in [-0.1, -0.05) is 108 Å². The summed E-state index contributed by atoms with van der Waals surface area (Å²) in [5.41, 5.74) is 9.75. The summed E-state index contributed by atoms with van der Waals surface area (Å²) >= 11 is 22.1. The van der Waals surface area contributed by atoms with Crippen molar-refractivity contribution in [1.29, 1.82) is 0 Å². The molecule has 5 heteroatoms. The molecule has 0 N–H and O–H groups in total. The zero-order valence-electron chi connectivity index (χ0n) is 20.3. The second kappa shape index (κ2) is 11.6. The molecule has 0 aromatic heterocycles. The van der Waals surface area contributed by atoms with Gasteiger partial charge in [0, 0.05) is 28.3 Å². The Morgan fingerprint density at radius 1 is 0.486 bits per heavy atom. The maximum absolute atomic E-state index is 5.55. The zero-order chi connectivity index (χ0) is 25.4. The average Bonchev–Trinajstić information content (AvgIpc) is 3.28. The van der Waals surface area contributed by atoms with Crippen LogP contribution in [-0.2, 0) is 67.0 Å². The van der Waals surface area contributed by atoms with E-state index in [1.54, 1.807) is 0 Å². The number of hydrogen-bond acceptors (Lipinski definition) is 4. The number of aryl methyl sites for hydroxylation is 2. The number of rotatable bonds is 2. The summed E-state index contributed by atoms with van der Waals surface area (Å²) in [5.74, 6) is 0.312. The Balaban J connectivity index is 0.000000168. The normalized spacial score (nSPS) is 17.5. The van der Waals surface area contributed by atoms with Crippen LogP contribution in [0.4, 0.5) is 0 Å². The molecular formula is C32H24NiS4-4. The minimum absolute atomic E-state index is 0. The summed E-state index contributed by atoms with van der Waals surface area (Å²) in [7, 11) is 0. The SMILES string of the molecule is Cc1ccc2c(c1)C(c1ccccc1)C([S-])=C2[S-].Cc1ccc2c(c1)C(c1ccccc1)C([S-])=C2[S-].[Ni]. The van der Waals surface area contributed by atoms with Crippen molar-refractivity contribution < 1.29 is 16.5 Å². The molecule has 0 amide bonds. The van der Waals surface area contributed by atoms with E-state index in [0.29, 0.717) is 0 Å². The van der Waals surface area contributed by atoms with Crippen LogP contribution in [-0.4, -0.2) is 0 Å². The van der Waals surface area contributed by atoms with Crippen LogP contribution in [0.15, 0.2) is 107 Å². The van der Waals surface area contributed by atoms with Crippen molar-refractivity contribution >= 4 is 60.3 Å². The number of hydrogen-bond donors (Lipinski definition) is 0. The maximum Gasteiger partial charge on any atom is 0.00878 e. The first-order valence-electron chi connectivity index (χ1n) is 11.8. The summed E-state index contributed by atoms with van der Waals surface area (Å²) in [6.45, 7) is 4.21. The molecule has 0 nitrogen and oxygen atoms in total. The van der Waals surface area contributed by atoms with Crippen LogP contribution in [0.3, 0.4) is 0 Å². The first-order chi connectivity index (χ1) is 17.4. The Hall–Kier alpha value is -2.27. The molecule has 0 spiro atoms. The zero-order valence-corrected chi connectivity index (χ0v) is 24.6. The molecule has 2 aliphatic rings. The molecule has 0 aliphatic heterocycles. The predicted octanol–water partition coefficient (Wildman–Crippen LogP) is 7.80. The van der Waals surface area contributed by atoms with Crippen LogP contribution in [0.1, 0.15) is 56.3 Å². The molecule has 2 atom stereocenters. The van der Waals surface area contributed by atoms with E-state index >= 15 is 0 Å². The van der Waals surface area contributed by atoms with Gasteiger partial charge in [0.15, 0.2) is 0 Å². The molecule has 4 aromatic carbocycles. The quantitative estimate of drug-likeness (QED) is 0.171. The Labute approximate surface area is 252 Å². The third-order valence-electron chi connectivity index (χ3n) is 6.76. The van der Waals surface area contributed by atoms with E-state index < -0.39 is 0 Å². The van der Waals surface area contributed by atoms with Crippen molar-refractivity contribution in [1.82, 2.24) is 0 Å². The van der Waals surface area contributed by atoms with Crippen molar-refractivity contribution in [2.24, 2.45) is 0 Å². The average molecular weight is 596 g/mol. The fraction of sp³-hybridized carbons (Fsp3) is 0.125. The molecule has 4 aromatic rings. The standard InChI is InChI=1S/2C16H14S2.Ni/c2*1-10-7-8-12-13(9-10)14(16(18)15(12)17)11-5-3-2-4-6-11;/h2*2-9,14,17-18H,1H3;/p-4. The van der Waals surface area contributed by atoms with Crippen LogP contribution in [0.2, 0.25) is 0 Å². The van der Waals surface area contributed by atoms with E-state index in [1.165, 1.54) is 33.4 Å². The van der Waals surface area contributed by atoms with E-state index in [-0.39, 0.29) is 28.3 Å². The van der Waals surface area contributed by atoms with Crippen molar-refractivity contribution in [2.45, 2.75) is 25.7 Å². The van der Waals surface area contributed by atoms with Gasteiger partial charge in [-0.25, -0.2) is 9.81 Å². The van der Waals surface area contributed by atoms with Crippen molar-refractivity contribution in [3.63, 3.8) is 0 Å². The summed E-state index contributed by atoms with van der Waals surface area (Å²) < 4.78 is 0. The van der Waals surface area contributed by atoms with E-state index in [1.807, 2.05) is 12.1 Å². The van der Waals surface area contributed by atoms with Crippen molar-refractivity contribution in [3.8, 4) is 0 Å². The molecule has 0 saturated carbocycles. The van der Waals surface area contributed by atoms with Gasteiger partial charge in [-0.05, 0) is 47.2 Å². The first-order valence-corrected chi connectivity index (χ1v) is 13.5.